The molecule has 1 saturated heterocycles. The van der Waals surface area contributed by atoms with E-state index in [-0.39, 0.29) is 6.61 Å². The van der Waals surface area contributed by atoms with Crippen molar-refractivity contribution in [1.82, 2.24) is 10.2 Å². The van der Waals surface area contributed by atoms with Gasteiger partial charge in [0, 0.05) is 25.2 Å². The first-order valence-electron chi connectivity index (χ1n) is 5.82. The molecule has 1 rings (SSSR count). The van der Waals surface area contributed by atoms with E-state index < -0.39 is 0 Å². The van der Waals surface area contributed by atoms with Crippen LogP contribution in [0.3, 0.4) is 0 Å². The molecule has 1 unspecified atom stereocenters. The van der Waals surface area contributed by atoms with Gasteiger partial charge in [-0.3, -0.25) is 4.90 Å². The molecule has 0 aromatic carbocycles. The second kappa shape index (κ2) is 6.38. The van der Waals surface area contributed by atoms with Gasteiger partial charge in [0.2, 0.25) is 0 Å². The first-order chi connectivity index (χ1) is 6.74. The molecule has 1 aliphatic rings. The van der Waals surface area contributed by atoms with E-state index in [1.807, 2.05) is 0 Å². The Bertz CT molecular complexity index is 144. The Kier molecular flexibility index (Phi) is 5.45. The number of hydrogen-bond acceptors (Lipinski definition) is 3. The van der Waals surface area contributed by atoms with Crippen molar-refractivity contribution in [2.24, 2.45) is 0 Å². The summed E-state index contributed by atoms with van der Waals surface area (Å²) in [5, 5.41) is 12.5. The molecule has 0 aliphatic carbocycles. The van der Waals surface area contributed by atoms with E-state index in [2.05, 4.69) is 24.1 Å². The Balaban J connectivity index is 2.29. The van der Waals surface area contributed by atoms with Crippen molar-refractivity contribution >= 4 is 0 Å². The SMILES string of the molecule is CC(C)N(CCO)CC1CCCCN1. The molecule has 0 bridgehead atoms. The largest absolute Gasteiger partial charge is 0.395 e. The van der Waals surface area contributed by atoms with Crippen LogP contribution < -0.4 is 5.32 Å². The fourth-order valence-corrected chi connectivity index (χ4v) is 2.05. The van der Waals surface area contributed by atoms with E-state index in [0.29, 0.717) is 12.1 Å². The molecular weight excluding hydrogens is 176 g/mol. The lowest BCUT2D eigenvalue weighted by molar-refractivity contribution is 0.145. The standard InChI is InChI=1S/C11H24N2O/c1-10(2)13(7-8-14)9-11-5-3-4-6-12-11/h10-12,14H,3-9H2,1-2H3. The van der Waals surface area contributed by atoms with Crippen LogP contribution in [0, 0.1) is 0 Å². The highest BCUT2D eigenvalue weighted by Crippen LogP contribution is 2.09. The number of hydrogen-bond donors (Lipinski definition) is 2. The molecule has 0 spiro atoms. The summed E-state index contributed by atoms with van der Waals surface area (Å²) in [5.74, 6) is 0. The van der Waals surface area contributed by atoms with Gasteiger partial charge in [0.15, 0.2) is 0 Å². The molecule has 3 heteroatoms. The minimum absolute atomic E-state index is 0.269. The Morgan fingerprint density at radius 3 is 2.71 bits per heavy atom. The molecule has 0 saturated carbocycles. The molecule has 0 aromatic heterocycles. The van der Waals surface area contributed by atoms with Crippen LogP contribution in [0.2, 0.25) is 0 Å². The highest BCUT2D eigenvalue weighted by atomic mass is 16.3. The maximum absolute atomic E-state index is 8.95. The van der Waals surface area contributed by atoms with Gasteiger partial charge in [0.25, 0.3) is 0 Å². The van der Waals surface area contributed by atoms with Gasteiger partial charge in [-0.15, -0.1) is 0 Å². The quantitative estimate of drug-likeness (QED) is 0.690. The Morgan fingerprint density at radius 1 is 1.43 bits per heavy atom. The zero-order valence-corrected chi connectivity index (χ0v) is 9.50. The van der Waals surface area contributed by atoms with E-state index in [1.165, 1.54) is 19.3 Å². The summed E-state index contributed by atoms with van der Waals surface area (Å²) in [6.07, 6.45) is 3.95. The number of piperidine rings is 1. The summed E-state index contributed by atoms with van der Waals surface area (Å²) >= 11 is 0. The van der Waals surface area contributed by atoms with Crippen LogP contribution in [0.5, 0.6) is 0 Å². The lowest BCUT2D eigenvalue weighted by Crippen LogP contribution is -2.46. The average molecular weight is 200 g/mol. The fraction of sp³-hybridized carbons (Fsp3) is 1.00. The van der Waals surface area contributed by atoms with Crippen molar-refractivity contribution in [1.29, 1.82) is 0 Å². The van der Waals surface area contributed by atoms with Gasteiger partial charge in [-0.1, -0.05) is 6.42 Å². The molecule has 0 radical (unpaired) electrons. The molecule has 14 heavy (non-hydrogen) atoms. The summed E-state index contributed by atoms with van der Waals surface area (Å²) in [7, 11) is 0. The monoisotopic (exact) mass is 200 g/mol. The van der Waals surface area contributed by atoms with Crippen molar-refractivity contribution in [3.8, 4) is 0 Å². The van der Waals surface area contributed by atoms with Gasteiger partial charge in [-0.05, 0) is 33.2 Å². The van der Waals surface area contributed by atoms with Crippen LogP contribution in [0.25, 0.3) is 0 Å². The summed E-state index contributed by atoms with van der Waals surface area (Å²) in [4.78, 5) is 2.35. The minimum atomic E-state index is 0.269. The van der Waals surface area contributed by atoms with Crippen LogP contribution in [0.1, 0.15) is 33.1 Å². The van der Waals surface area contributed by atoms with Gasteiger partial charge in [0.05, 0.1) is 6.61 Å². The normalized spacial score (nSPS) is 23.4. The van der Waals surface area contributed by atoms with Gasteiger partial charge in [-0.25, -0.2) is 0 Å². The van der Waals surface area contributed by atoms with Crippen LogP contribution >= 0.6 is 0 Å². The molecular formula is C11H24N2O. The summed E-state index contributed by atoms with van der Waals surface area (Å²) in [6.45, 7) is 7.70. The lowest BCUT2D eigenvalue weighted by Gasteiger charge is -2.32. The molecule has 0 aromatic rings. The Morgan fingerprint density at radius 2 is 2.21 bits per heavy atom. The highest BCUT2D eigenvalue weighted by molar-refractivity contribution is 4.77. The smallest absolute Gasteiger partial charge is 0.0558 e. The van der Waals surface area contributed by atoms with Gasteiger partial charge in [0.1, 0.15) is 0 Å². The van der Waals surface area contributed by atoms with Crippen molar-refractivity contribution in [3.05, 3.63) is 0 Å². The second-order valence-corrected chi connectivity index (χ2v) is 4.46. The average Bonchev–Trinajstić information content (AvgIpc) is 2.18. The Hall–Kier alpha value is -0.120. The third-order valence-corrected chi connectivity index (χ3v) is 2.98. The van der Waals surface area contributed by atoms with Crippen LogP contribution in [-0.4, -0.2) is 48.3 Å². The third kappa shape index (κ3) is 3.95. The van der Waals surface area contributed by atoms with E-state index in [9.17, 15) is 0 Å². The molecule has 2 N–H and O–H groups in total. The fourth-order valence-electron chi connectivity index (χ4n) is 2.05. The van der Waals surface area contributed by atoms with Gasteiger partial charge in [-0.2, -0.15) is 0 Å². The predicted molar refractivity (Wildman–Crippen MR) is 59.4 cm³/mol. The molecule has 3 nitrogen and oxygen atoms in total. The number of nitrogens with one attached hydrogen (secondary N) is 1. The first kappa shape index (κ1) is 12.0. The summed E-state index contributed by atoms with van der Waals surface area (Å²) in [5.41, 5.74) is 0. The molecule has 1 heterocycles. The molecule has 1 atom stereocenters. The van der Waals surface area contributed by atoms with Crippen LogP contribution in [-0.2, 0) is 0 Å². The second-order valence-electron chi connectivity index (χ2n) is 4.46. The maximum Gasteiger partial charge on any atom is 0.0558 e. The zero-order valence-electron chi connectivity index (χ0n) is 9.50. The number of aliphatic hydroxyl groups is 1. The highest BCUT2D eigenvalue weighted by Gasteiger charge is 2.17. The lowest BCUT2D eigenvalue weighted by atomic mass is 10.0. The molecule has 1 fully saturated rings. The van der Waals surface area contributed by atoms with Crippen LogP contribution in [0.15, 0.2) is 0 Å². The number of aliphatic hydroxyl groups excluding tert-OH is 1. The molecule has 84 valence electrons. The van der Waals surface area contributed by atoms with E-state index in [0.717, 1.165) is 19.6 Å². The van der Waals surface area contributed by atoms with Gasteiger partial charge < -0.3 is 10.4 Å². The summed E-state index contributed by atoms with van der Waals surface area (Å²) in [6, 6.07) is 1.17. The maximum atomic E-state index is 8.95. The number of rotatable bonds is 5. The predicted octanol–water partition coefficient (Wildman–Crippen LogP) is 0.831. The van der Waals surface area contributed by atoms with E-state index in [1.54, 1.807) is 0 Å². The van der Waals surface area contributed by atoms with Crippen molar-refractivity contribution in [2.45, 2.75) is 45.2 Å². The molecule has 0 amide bonds. The minimum Gasteiger partial charge on any atom is -0.395 e. The van der Waals surface area contributed by atoms with E-state index in [4.69, 9.17) is 5.11 Å². The van der Waals surface area contributed by atoms with Crippen molar-refractivity contribution in [2.75, 3.05) is 26.2 Å². The van der Waals surface area contributed by atoms with Crippen molar-refractivity contribution in [3.63, 3.8) is 0 Å². The zero-order chi connectivity index (χ0) is 10.4. The summed E-state index contributed by atoms with van der Waals surface area (Å²) < 4.78 is 0. The Labute approximate surface area is 87.5 Å². The number of nitrogens with zero attached hydrogens (tertiary/aromatic N) is 1. The van der Waals surface area contributed by atoms with Crippen molar-refractivity contribution < 1.29 is 5.11 Å². The van der Waals surface area contributed by atoms with Crippen LogP contribution in [0.4, 0.5) is 0 Å². The van der Waals surface area contributed by atoms with E-state index >= 15 is 0 Å². The topological polar surface area (TPSA) is 35.5 Å². The molecule has 1 aliphatic heterocycles. The third-order valence-electron chi connectivity index (χ3n) is 2.98. The van der Waals surface area contributed by atoms with Gasteiger partial charge >= 0.3 is 0 Å². The first-order valence-corrected chi connectivity index (χ1v) is 5.82.